The highest BCUT2D eigenvalue weighted by molar-refractivity contribution is 6.03. The van der Waals surface area contributed by atoms with Crippen LogP contribution in [0.15, 0.2) is 53.1 Å². The molecule has 0 saturated carbocycles. The number of oxazole rings is 1. The van der Waals surface area contributed by atoms with Gasteiger partial charge in [0.05, 0.1) is 18.5 Å². The number of alkyl halides is 3. The fourth-order valence-corrected chi connectivity index (χ4v) is 2.33. The normalized spacial score (nSPS) is 11.3. The average molecular weight is 407 g/mol. The predicted octanol–water partition coefficient (Wildman–Crippen LogP) is 4.03. The van der Waals surface area contributed by atoms with Gasteiger partial charge in [-0.25, -0.2) is 9.97 Å². The van der Waals surface area contributed by atoms with Crippen molar-refractivity contribution in [1.82, 2.24) is 9.97 Å². The van der Waals surface area contributed by atoms with E-state index in [-0.39, 0.29) is 24.1 Å². The van der Waals surface area contributed by atoms with Crippen LogP contribution in [0.1, 0.15) is 16.2 Å². The molecule has 0 aliphatic rings. The Hall–Kier alpha value is -3.40. The minimum atomic E-state index is -4.88. The lowest BCUT2D eigenvalue weighted by Gasteiger charge is -2.07. The second-order valence-corrected chi connectivity index (χ2v) is 5.74. The Balaban J connectivity index is 1.80. The van der Waals surface area contributed by atoms with Crippen LogP contribution in [0.3, 0.4) is 0 Å². The number of anilines is 1. The van der Waals surface area contributed by atoms with E-state index in [0.717, 1.165) is 0 Å². The zero-order chi connectivity index (χ0) is 20.9. The van der Waals surface area contributed by atoms with Gasteiger partial charge < -0.3 is 19.2 Å². The molecule has 1 N–H and O–H groups in total. The van der Waals surface area contributed by atoms with Crippen molar-refractivity contribution < 1.29 is 31.9 Å². The van der Waals surface area contributed by atoms with Gasteiger partial charge in [0.1, 0.15) is 6.61 Å². The molecular weight excluding hydrogens is 391 g/mol. The van der Waals surface area contributed by atoms with Crippen LogP contribution in [0.25, 0.3) is 11.5 Å². The van der Waals surface area contributed by atoms with E-state index in [9.17, 15) is 18.0 Å². The van der Waals surface area contributed by atoms with Crippen molar-refractivity contribution in [3.63, 3.8) is 0 Å². The smallest absolute Gasteiger partial charge is 0.452 e. The second-order valence-electron chi connectivity index (χ2n) is 5.74. The Morgan fingerprint density at radius 1 is 1.14 bits per heavy atom. The first kappa shape index (κ1) is 20.3. The standard InChI is InChI=1S/C19H16F3N3O4/c1-27-9-10-28-14-8-7-13(11-23-14)24-17(26)15-16(19(20,21)22)29-18(25-15)12-5-3-2-4-6-12/h2-8,11H,9-10H2,1H3,(H,24,26). The number of carbonyl (C=O) groups excluding carboxylic acids is 1. The van der Waals surface area contributed by atoms with Crippen molar-refractivity contribution in [2.24, 2.45) is 0 Å². The number of carbonyl (C=O) groups is 1. The molecule has 7 nitrogen and oxygen atoms in total. The summed E-state index contributed by atoms with van der Waals surface area (Å²) in [6.07, 6.45) is -3.63. The lowest BCUT2D eigenvalue weighted by atomic mass is 10.2. The van der Waals surface area contributed by atoms with E-state index in [2.05, 4.69) is 15.3 Å². The number of ether oxygens (including phenoxy) is 2. The van der Waals surface area contributed by atoms with E-state index in [1.54, 1.807) is 18.2 Å². The molecule has 0 atom stereocenters. The fourth-order valence-electron chi connectivity index (χ4n) is 2.33. The van der Waals surface area contributed by atoms with Crippen LogP contribution in [0.4, 0.5) is 18.9 Å². The number of benzene rings is 1. The molecule has 2 aromatic heterocycles. The Morgan fingerprint density at radius 2 is 1.90 bits per heavy atom. The van der Waals surface area contributed by atoms with E-state index in [1.165, 1.54) is 37.6 Å². The zero-order valence-electron chi connectivity index (χ0n) is 15.2. The van der Waals surface area contributed by atoms with E-state index in [4.69, 9.17) is 13.9 Å². The van der Waals surface area contributed by atoms with Crippen LogP contribution in [-0.4, -0.2) is 36.2 Å². The number of aromatic nitrogens is 2. The third-order valence-corrected chi connectivity index (χ3v) is 3.65. The molecular formula is C19H16F3N3O4. The Bertz CT molecular complexity index is 957. The number of methoxy groups -OCH3 is 1. The quantitative estimate of drug-likeness (QED) is 0.595. The SMILES string of the molecule is COCCOc1ccc(NC(=O)c2nc(-c3ccccc3)oc2C(F)(F)F)cn1. The second kappa shape index (κ2) is 8.74. The van der Waals surface area contributed by atoms with Gasteiger partial charge in [-0.3, -0.25) is 4.79 Å². The minimum Gasteiger partial charge on any atom is -0.475 e. The number of hydrogen-bond donors (Lipinski definition) is 1. The lowest BCUT2D eigenvalue weighted by Crippen LogP contribution is -2.18. The number of hydrogen-bond acceptors (Lipinski definition) is 6. The lowest BCUT2D eigenvalue weighted by molar-refractivity contribution is -0.153. The highest BCUT2D eigenvalue weighted by Crippen LogP contribution is 2.35. The van der Waals surface area contributed by atoms with Crippen LogP contribution in [-0.2, 0) is 10.9 Å². The molecule has 29 heavy (non-hydrogen) atoms. The van der Waals surface area contributed by atoms with Crippen molar-refractivity contribution >= 4 is 11.6 Å². The molecule has 3 rings (SSSR count). The average Bonchev–Trinajstić information content (AvgIpc) is 3.16. The van der Waals surface area contributed by atoms with E-state index >= 15 is 0 Å². The van der Waals surface area contributed by atoms with Crippen LogP contribution >= 0.6 is 0 Å². The van der Waals surface area contributed by atoms with E-state index in [0.29, 0.717) is 12.2 Å². The summed E-state index contributed by atoms with van der Waals surface area (Å²) in [4.78, 5) is 20.1. The summed E-state index contributed by atoms with van der Waals surface area (Å²) >= 11 is 0. The predicted molar refractivity (Wildman–Crippen MR) is 96.5 cm³/mol. The Kier molecular flexibility index (Phi) is 6.13. The molecule has 0 unspecified atom stereocenters. The summed E-state index contributed by atoms with van der Waals surface area (Å²) in [5.74, 6) is -2.56. The number of rotatable bonds is 7. The number of pyridine rings is 1. The Labute approximate surface area is 163 Å². The molecule has 0 fully saturated rings. The van der Waals surface area contributed by atoms with Crippen molar-refractivity contribution in [3.8, 4) is 17.3 Å². The molecule has 0 spiro atoms. The number of amides is 1. The number of nitrogens with zero attached hydrogens (tertiary/aromatic N) is 2. The van der Waals surface area contributed by atoms with Crippen LogP contribution in [0.5, 0.6) is 5.88 Å². The third-order valence-electron chi connectivity index (χ3n) is 3.65. The Morgan fingerprint density at radius 3 is 2.52 bits per heavy atom. The van der Waals surface area contributed by atoms with Crippen molar-refractivity contribution in [1.29, 1.82) is 0 Å². The van der Waals surface area contributed by atoms with Crippen molar-refractivity contribution in [3.05, 3.63) is 60.1 Å². The zero-order valence-corrected chi connectivity index (χ0v) is 15.2. The third kappa shape index (κ3) is 5.11. The molecule has 1 aromatic carbocycles. The maximum atomic E-state index is 13.3. The molecule has 0 saturated heterocycles. The van der Waals surface area contributed by atoms with Gasteiger partial charge in [0.2, 0.25) is 17.5 Å². The van der Waals surface area contributed by atoms with Gasteiger partial charge in [-0.2, -0.15) is 13.2 Å². The van der Waals surface area contributed by atoms with Crippen LogP contribution < -0.4 is 10.1 Å². The van der Waals surface area contributed by atoms with E-state index in [1.807, 2.05) is 0 Å². The molecule has 0 bridgehead atoms. The van der Waals surface area contributed by atoms with Crippen LogP contribution in [0, 0.1) is 0 Å². The summed E-state index contributed by atoms with van der Waals surface area (Å²) in [5, 5.41) is 2.33. The first-order valence-corrected chi connectivity index (χ1v) is 8.41. The molecule has 0 aliphatic heterocycles. The summed E-state index contributed by atoms with van der Waals surface area (Å²) in [6, 6.07) is 10.9. The van der Waals surface area contributed by atoms with E-state index < -0.39 is 23.5 Å². The molecule has 0 aliphatic carbocycles. The fraction of sp³-hybridized carbons (Fsp3) is 0.211. The summed E-state index contributed by atoms with van der Waals surface area (Å²) in [5.41, 5.74) is -0.375. The molecule has 152 valence electrons. The van der Waals surface area contributed by atoms with Crippen molar-refractivity contribution in [2.75, 3.05) is 25.6 Å². The molecule has 3 aromatic rings. The maximum Gasteiger partial charge on any atom is 0.452 e. The first-order valence-electron chi connectivity index (χ1n) is 8.41. The van der Waals surface area contributed by atoms with Gasteiger partial charge in [0.25, 0.3) is 5.91 Å². The van der Waals surface area contributed by atoms with Gasteiger partial charge in [0.15, 0.2) is 5.69 Å². The van der Waals surface area contributed by atoms with Crippen molar-refractivity contribution in [2.45, 2.75) is 6.18 Å². The van der Waals surface area contributed by atoms with Crippen LogP contribution in [0.2, 0.25) is 0 Å². The summed E-state index contributed by atoms with van der Waals surface area (Å²) in [6.45, 7) is 0.654. The monoisotopic (exact) mass is 407 g/mol. The van der Waals surface area contributed by atoms with Gasteiger partial charge in [-0.05, 0) is 18.2 Å². The molecule has 10 heteroatoms. The summed E-state index contributed by atoms with van der Waals surface area (Å²) in [7, 11) is 1.53. The maximum absolute atomic E-state index is 13.3. The number of halogens is 3. The van der Waals surface area contributed by atoms with Gasteiger partial charge >= 0.3 is 6.18 Å². The molecule has 2 heterocycles. The van der Waals surface area contributed by atoms with Gasteiger partial charge in [-0.15, -0.1) is 0 Å². The summed E-state index contributed by atoms with van der Waals surface area (Å²) < 4.78 is 55.0. The van der Waals surface area contributed by atoms with Gasteiger partial charge in [-0.1, -0.05) is 18.2 Å². The highest BCUT2D eigenvalue weighted by Gasteiger charge is 2.42. The molecule has 1 amide bonds. The highest BCUT2D eigenvalue weighted by atomic mass is 19.4. The number of nitrogens with one attached hydrogen (secondary N) is 1. The first-order chi connectivity index (χ1) is 13.9. The minimum absolute atomic E-state index is 0.173. The molecule has 0 radical (unpaired) electrons. The largest absolute Gasteiger partial charge is 0.475 e. The topological polar surface area (TPSA) is 86.5 Å². The van der Waals surface area contributed by atoms with Gasteiger partial charge in [0, 0.05) is 18.7 Å².